The topological polar surface area (TPSA) is 116 Å². The second-order valence-electron chi connectivity index (χ2n) is 7.91. The Bertz CT molecular complexity index is 1360. The van der Waals surface area contributed by atoms with E-state index in [4.69, 9.17) is 18.9 Å². The number of benzene rings is 3. The molecule has 1 amide bonds. The van der Waals surface area contributed by atoms with Crippen LogP contribution in [0.5, 0.6) is 23.0 Å². The molecule has 0 radical (unpaired) electrons. The Morgan fingerprint density at radius 1 is 0.895 bits per heavy atom. The van der Waals surface area contributed by atoms with Gasteiger partial charge in [0.15, 0.2) is 23.0 Å². The van der Waals surface area contributed by atoms with Crippen molar-refractivity contribution >= 4 is 22.1 Å². The number of nitrogens with one attached hydrogen (secondary N) is 1. The number of carbonyl (C=O) groups is 1. The number of nitrogens with zero attached hydrogens (tertiary/aromatic N) is 2. The summed E-state index contributed by atoms with van der Waals surface area (Å²) in [5, 5.41) is 3.98. The van der Waals surface area contributed by atoms with Crippen molar-refractivity contribution in [2.75, 3.05) is 34.5 Å². The van der Waals surface area contributed by atoms with E-state index in [0.717, 1.165) is 4.31 Å². The zero-order valence-corrected chi connectivity index (χ0v) is 22.5. The summed E-state index contributed by atoms with van der Waals surface area (Å²) in [6.45, 7) is 1.88. The molecule has 38 heavy (non-hydrogen) atoms. The number of carbonyl (C=O) groups excluding carboxylic acids is 1. The first-order valence-electron chi connectivity index (χ1n) is 11.7. The van der Waals surface area contributed by atoms with Crippen molar-refractivity contribution < 1.29 is 32.2 Å². The molecule has 0 heterocycles. The largest absolute Gasteiger partial charge is 0.493 e. The van der Waals surface area contributed by atoms with Gasteiger partial charge in [-0.1, -0.05) is 30.3 Å². The van der Waals surface area contributed by atoms with Gasteiger partial charge in [-0.2, -0.15) is 9.41 Å². The fourth-order valence-corrected chi connectivity index (χ4v) is 4.95. The van der Waals surface area contributed by atoms with Crippen LogP contribution in [-0.4, -0.2) is 59.3 Å². The normalized spacial score (nSPS) is 11.4. The van der Waals surface area contributed by atoms with Gasteiger partial charge in [0.1, 0.15) is 0 Å². The Labute approximate surface area is 222 Å². The summed E-state index contributed by atoms with van der Waals surface area (Å²) < 4.78 is 49.5. The molecule has 0 aliphatic heterocycles. The molecular formula is C27H31N3O7S. The molecule has 0 unspecified atom stereocenters. The van der Waals surface area contributed by atoms with Crippen LogP contribution in [-0.2, 0) is 21.4 Å². The molecular weight excluding hydrogens is 510 g/mol. The number of rotatable bonds is 13. The van der Waals surface area contributed by atoms with Crippen molar-refractivity contribution in [2.24, 2.45) is 5.10 Å². The lowest BCUT2D eigenvalue weighted by Crippen LogP contribution is -2.39. The first kappa shape index (κ1) is 28.5. The van der Waals surface area contributed by atoms with Crippen molar-refractivity contribution in [1.29, 1.82) is 0 Å². The van der Waals surface area contributed by atoms with E-state index in [1.54, 1.807) is 42.5 Å². The molecule has 1 N–H and O–H groups in total. The van der Waals surface area contributed by atoms with Crippen LogP contribution in [0, 0.1) is 0 Å². The quantitative estimate of drug-likeness (QED) is 0.260. The van der Waals surface area contributed by atoms with Crippen LogP contribution in [0.15, 0.2) is 76.7 Å². The number of ether oxygens (including phenoxy) is 4. The SMILES string of the molecule is CCOc1ccc(/C=N\NC(=O)CN(Cc2ccccc2)S(=O)(=O)c2ccc(OC)c(OC)c2)cc1OC. The van der Waals surface area contributed by atoms with Crippen molar-refractivity contribution in [3.05, 3.63) is 77.9 Å². The Morgan fingerprint density at radius 3 is 2.21 bits per heavy atom. The van der Waals surface area contributed by atoms with Gasteiger partial charge in [0.25, 0.3) is 5.91 Å². The van der Waals surface area contributed by atoms with E-state index in [1.807, 2.05) is 13.0 Å². The molecule has 0 atom stereocenters. The molecule has 0 spiro atoms. The highest BCUT2D eigenvalue weighted by Gasteiger charge is 2.28. The summed E-state index contributed by atoms with van der Waals surface area (Å²) in [5.41, 5.74) is 3.77. The molecule has 0 fully saturated rings. The van der Waals surface area contributed by atoms with Gasteiger partial charge in [0.2, 0.25) is 10.0 Å². The maximum Gasteiger partial charge on any atom is 0.255 e. The predicted molar refractivity (Wildman–Crippen MR) is 143 cm³/mol. The molecule has 3 aromatic carbocycles. The van der Waals surface area contributed by atoms with E-state index in [0.29, 0.717) is 35.0 Å². The lowest BCUT2D eigenvalue weighted by molar-refractivity contribution is -0.121. The molecule has 11 heteroatoms. The van der Waals surface area contributed by atoms with Crippen molar-refractivity contribution in [1.82, 2.24) is 9.73 Å². The molecule has 0 bridgehead atoms. The maximum absolute atomic E-state index is 13.6. The lowest BCUT2D eigenvalue weighted by Gasteiger charge is -2.22. The highest BCUT2D eigenvalue weighted by atomic mass is 32.2. The van der Waals surface area contributed by atoms with Gasteiger partial charge in [-0.25, -0.2) is 13.8 Å². The van der Waals surface area contributed by atoms with Crippen molar-refractivity contribution in [3.63, 3.8) is 0 Å². The van der Waals surface area contributed by atoms with Crippen LogP contribution in [0.3, 0.4) is 0 Å². The van der Waals surface area contributed by atoms with Gasteiger partial charge in [-0.3, -0.25) is 4.79 Å². The smallest absolute Gasteiger partial charge is 0.255 e. The molecule has 3 rings (SSSR count). The predicted octanol–water partition coefficient (Wildman–Crippen LogP) is 3.45. The second kappa shape index (κ2) is 13.5. The van der Waals surface area contributed by atoms with E-state index < -0.39 is 22.5 Å². The van der Waals surface area contributed by atoms with E-state index in [-0.39, 0.29) is 17.2 Å². The fourth-order valence-electron chi connectivity index (χ4n) is 3.55. The first-order valence-corrected chi connectivity index (χ1v) is 13.1. The van der Waals surface area contributed by atoms with Crippen LogP contribution >= 0.6 is 0 Å². The Morgan fingerprint density at radius 2 is 1.55 bits per heavy atom. The van der Waals surface area contributed by atoms with E-state index in [1.165, 1.54) is 45.7 Å². The number of hydrogen-bond donors (Lipinski definition) is 1. The molecule has 0 saturated carbocycles. The summed E-state index contributed by atoms with van der Waals surface area (Å²) in [6, 6.07) is 18.5. The second-order valence-corrected chi connectivity index (χ2v) is 9.85. The molecule has 0 aromatic heterocycles. The zero-order chi connectivity index (χ0) is 27.5. The molecule has 0 aliphatic rings. The van der Waals surface area contributed by atoms with Gasteiger partial charge in [0, 0.05) is 12.6 Å². The standard InChI is InChI=1S/C27H31N3O7S/c1-5-37-24-13-11-21(15-25(24)35-3)17-28-29-27(31)19-30(18-20-9-7-6-8-10-20)38(32,33)22-12-14-23(34-2)26(16-22)36-4/h6-17H,5,18-19H2,1-4H3,(H,29,31)/b28-17-. The van der Waals surface area contributed by atoms with E-state index >= 15 is 0 Å². The minimum atomic E-state index is -4.09. The van der Waals surface area contributed by atoms with Crippen LogP contribution in [0.2, 0.25) is 0 Å². The Balaban J connectivity index is 1.80. The monoisotopic (exact) mass is 541 g/mol. The minimum Gasteiger partial charge on any atom is -0.493 e. The summed E-state index contributed by atoms with van der Waals surface area (Å²) >= 11 is 0. The summed E-state index contributed by atoms with van der Waals surface area (Å²) in [4.78, 5) is 12.7. The number of hydrogen-bond acceptors (Lipinski definition) is 8. The molecule has 202 valence electrons. The summed E-state index contributed by atoms with van der Waals surface area (Å²) in [6.07, 6.45) is 1.43. The third-order valence-corrected chi connectivity index (χ3v) is 7.19. The maximum atomic E-state index is 13.6. The zero-order valence-electron chi connectivity index (χ0n) is 21.7. The van der Waals surface area contributed by atoms with Gasteiger partial charge in [0.05, 0.1) is 45.6 Å². The first-order chi connectivity index (χ1) is 18.3. The highest BCUT2D eigenvalue weighted by Crippen LogP contribution is 2.31. The Kier molecular flexibility index (Phi) is 10.1. The third-order valence-electron chi connectivity index (χ3n) is 5.40. The van der Waals surface area contributed by atoms with Gasteiger partial charge < -0.3 is 18.9 Å². The lowest BCUT2D eigenvalue weighted by atomic mass is 10.2. The summed E-state index contributed by atoms with van der Waals surface area (Å²) in [5.74, 6) is 1.15. The average Bonchev–Trinajstić information content (AvgIpc) is 2.93. The molecule has 0 aliphatic carbocycles. The highest BCUT2D eigenvalue weighted by molar-refractivity contribution is 7.89. The van der Waals surface area contributed by atoms with Crippen LogP contribution in [0.25, 0.3) is 0 Å². The number of methoxy groups -OCH3 is 3. The van der Waals surface area contributed by atoms with Gasteiger partial charge in [-0.05, 0) is 48.4 Å². The molecule has 3 aromatic rings. The van der Waals surface area contributed by atoms with Crippen LogP contribution in [0.1, 0.15) is 18.1 Å². The van der Waals surface area contributed by atoms with Gasteiger partial charge >= 0.3 is 0 Å². The number of hydrazone groups is 1. The minimum absolute atomic E-state index is 0.0231. The summed E-state index contributed by atoms with van der Waals surface area (Å²) in [7, 11) is 0.313. The van der Waals surface area contributed by atoms with E-state index in [9.17, 15) is 13.2 Å². The number of amides is 1. The van der Waals surface area contributed by atoms with Gasteiger partial charge in [-0.15, -0.1) is 0 Å². The molecule has 10 nitrogen and oxygen atoms in total. The van der Waals surface area contributed by atoms with Crippen molar-refractivity contribution in [3.8, 4) is 23.0 Å². The third kappa shape index (κ3) is 7.24. The van der Waals surface area contributed by atoms with Crippen molar-refractivity contribution in [2.45, 2.75) is 18.4 Å². The van der Waals surface area contributed by atoms with Crippen LogP contribution < -0.4 is 24.4 Å². The van der Waals surface area contributed by atoms with E-state index in [2.05, 4.69) is 10.5 Å². The molecule has 0 saturated heterocycles. The number of sulfonamides is 1. The average molecular weight is 542 g/mol. The fraction of sp³-hybridized carbons (Fsp3) is 0.259. The van der Waals surface area contributed by atoms with Crippen LogP contribution in [0.4, 0.5) is 0 Å². The Hall–Kier alpha value is -4.09.